The van der Waals surface area contributed by atoms with Crippen LogP contribution in [0.1, 0.15) is 33.6 Å². The predicted octanol–water partition coefficient (Wildman–Crippen LogP) is 0.513. The molecule has 0 saturated heterocycles. The Bertz CT molecular complexity index is 335. The second kappa shape index (κ2) is 7.67. The molecule has 6 heteroatoms. The standard InChI is InChI=1S/C12H20N2O4/c1-7(2)6-9(15)11(16)14-10(12(17)18)8(3)4-5-13/h7-10,15H,4,6H2,1-3H3,(H,14,16)(H,17,18)/t8-,9+,10-/m1/s1. The summed E-state index contributed by atoms with van der Waals surface area (Å²) in [5.74, 6) is -2.29. The van der Waals surface area contributed by atoms with E-state index in [1.54, 1.807) is 6.92 Å². The van der Waals surface area contributed by atoms with Gasteiger partial charge in [-0.05, 0) is 12.3 Å². The molecule has 0 fully saturated rings. The Morgan fingerprint density at radius 3 is 2.28 bits per heavy atom. The van der Waals surface area contributed by atoms with Gasteiger partial charge in [0.25, 0.3) is 0 Å². The highest BCUT2D eigenvalue weighted by Gasteiger charge is 2.28. The first-order valence-corrected chi connectivity index (χ1v) is 5.87. The summed E-state index contributed by atoms with van der Waals surface area (Å²) >= 11 is 0. The first-order chi connectivity index (χ1) is 8.29. The molecular weight excluding hydrogens is 236 g/mol. The summed E-state index contributed by atoms with van der Waals surface area (Å²) in [5, 5.41) is 29.3. The Kier molecular flexibility index (Phi) is 6.98. The van der Waals surface area contributed by atoms with Crippen LogP contribution >= 0.6 is 0 Å². The highest BCUT2D eigenvalue weighted by molar-refractivity contribution is 5.86. The number of nitriles is 1. The monoisotopic (exact) mass is 256 g/mol. The third kappa shape index (κ3) is 5.64. The first-order valence-electron chi connectivity index (χ1n) is 5.87. The normalized spacial score (nSPS) is 15.6. The van der Waals surface area contributed by atoms with Crippen molar-refractivity contribution in [2.75, 3.05) is 0 Å². The highest BCUT2D eigenvalue weighted by atomic mass is 16.4. The summed E-state index contributed by atoms with van der Waals surface area (Å²) in [7, 11) is 0. The van der Waals surface area contributed by atoms with Crippen LogP contribution in [-0.2, 0) is 9.59 Å². The van der Waals surface area contributed by atoms with Gasteiger partial charge in [-0.2, -0.15) is 5.26 Å². The average Bonchev–Trinajstić information content (AvgIpc) is 2.24. The number of hydrogen-bond acceptors (Lipinski definition) is 4. The minimum absolute atomic E-state index is 0.0253. The molecule has 0 aliphatic rings. The number of amides is 1. The van der Waals surface area contributed by atoms with Gasteiger partial charge in [-0.3, -0.25) is 4.79 Å². The van der Waals surface area contributed by atoms with Crippen LogP contribution in [0.5, 0.6) is 0 Å². The molecule has 0 heterocycles. The summed E-state index contributed by atoms with van der Waals surface area (Å²) in [6, 6.07) is 0.707. The number of carbonyl (C=O) groups is 2. The van der Waals surface area contributed by atoms with Gasteiger partial charge in [0, 0.05) is 12.3 Å². The van der Waals surface area contributed by atoms with Gasteiger partial charge in [0.05, 0.1) is 6.07 Å². The molecular formula is C12H20N2O4. The van der Waals surface area contributed by atoms with E-state index < -0.39 is 29.9 Å². The van der Waals surface area contributed by atoms with Gasteiger partial charge in [0.2, 0.25) is 5.91 Å². The largest absolute Gasteiger partial charge is 0.480 e. The third-order valence-corrected chi connectivity index (χ3v) is 2.54. The number of aliphatic hydroxyl groups excluding tert-OH is 1. The fraction of sp³-hybridized carbons (Fsp3) is 0.750. The minimum atomic E-state index is -1.22. The lowest BCUT2D eigenvalue weighted by atomic mass is 9.98. The first kappa shape index (κ1) is 16.4. The summed E-state index contributed by atoms with van der Waals surface area (Å²) in [6.45, 7) is 5.27. The zero-order chi connectivity index (χ0) is 14.3. The van der Waals surface area contributed by atoms with Crippen molar-refractivity contribution in [2.45, 2.75) is 45.8 Å². The molecule has 18 heavy (non-hydrogen) atoms. The fourth-order valence-electron chi connectivity index (χ4n) is 1.51. The third-order valence-electron chi connectivity index (χ3n) is 2.54. The minimum Gasteiger partial charge on any atom is -0.480 e. The number of carbonyl (C=O) groups excluding carboxylic acids is 1. The lowest BCUT2D eigenvalue weighted by Crippen LogP contribution is -2.49. The lowest BCUT2D eigenvalue weighted by molar-refractivity contribution is -0.145. The lowest BCUT2D eigenvalue weighted by Gasteiger charge is -2.21. The molecule has 0 bridgehead atoms. The van der Waals surface area contributed by atoms with Crippen LogP contribution in [0.2, 0.25) is 0 Å². The van der Waals surface area contributed by atoms with E-state index in [0.29, 0.717) is 0 Å². The van der Waals surface area contributed by atoms with Gasteiger partial charge in [0.15, 0.2) is 0 Å². The number of nitrogens with zero attached hydrogens (tertiary/aromatic N) is 1. The van der Waals surface area contributed by atoms with Crippen molar-refractivity contribution in [3.63, 3.8) is 0 Å². The Morgan fingerprint density at radius 1 is 1.33 bits per heavy atom. The van der Waals surface area contributed by atoms with Gasteiger partial charge >= 0.3 is 5.97 Å². The molecule has 102 valence electrons. The van der Waals surface area contributed by atoms with E-state index >= 15 is 0 Å². The molecule has 3 atom stereocenters. The van der Waals surface area contributed by atoms with Crippen molar-refractivity contribution < 1.29 is 19.8 Å². The van der Waals surface area contributed by atoms with Crippen LogP contribution in [-0.4, -0.2) is 34.2 Å². The molecule has 0 spiro atoms. The molecule has 0 radical (unpaired) electrons. The van der Waals surface area contributed by atoms with E-state index in [9.17, 15) is 14.7 Å². The summed E-state index contributed by atoms with van der Waals surface area (Å²) in [6.07, 6.45) is -0.927. The maximum absolute atomic E-state index is 11.6. The van der Waals surface area contributed by atoms with Gasteiger partial charge in [-0.25, -0.2) is 4.79 Å². The molecule has 0 aromatic carbocycles. The Balaban J connectivity index is 4.55. The summed E-state index contributed by atoms with van der Waals surface area (Å²) in [5.41, 5.74) is 0. The second-order valence-electron chi connectivity index (χ2n) is 4.81. The molecule has 0 aliphatic heterocycles. The molecule has 1 amide bonds. The molecule has 0 aliphatic carbocycles. The zero-order valence-electron chi connectivity index (χ0n) is 10.9. The predicted molar refractivity (Wildman–Crippen MR) is 64.4 cm³/mol. The number of rotatable bonds is 7. The summed E-state index contributed by atoms with van der Waals surface area (Å²) < 4.78 is 0. The van der Waals surface area contributed by atoms with Crippen molar-refractivity contribution in [1.82, 2.24) is 5.32 Å². The van der Waals surface area contributed by atoms with Crippen LogP contribution in [0.15, 0.2) is 0 Å². The quantitative estimate of drug-likeness (QED) is 0.614. The van der Waals surface area contributed by atoms with E-state index in [-0.39, 0.29) is 18.8 Å². The van der Waals surface area contributed by atoms with Crippen molar-refractivity contribution in [3.05, 3.63) is 0 Å². The fourth-order valence-corrected chi connectivity index (χ4v) is 1.51. The Labute approximate surface area is 107 Å². The van der Waals surface area contributed by atoms with Crippen molar-refractivity contribution >= 4 is 11.9 Å². The number of aliphatic hydroxyl groups is 1. The second-order valence-corrected chi connectivity index (χ2v) is 4.81. The number of hydrogen-bond donors (Lipinski definition) is 3. The van der Waals surface area contributed by atoms with Crippen LogP contribution < -0.4 is 5.32 Å². The maximum Gasteiger partial charge on any atom is 0.326 e. The topological polar surface area (TPSA) is 110 Å². The molecule has 0 unspecified atom stereocenters. The summed E-state index contributed by atoms with van der Waals surface area (Å²) in [4.78, 5) is 22.6. The number of nitrogens with one attached hydrogen (secondary N) is 1. The van der Waals surface area contributed by atoms with E-state index in [2.05, 4.69) is 5.32 Å². The molecule has 0 rings (SSSR count). The van der Waals surface area contributed by atoms with Gasteiger partial charge in [-0.1, -0.05) is 20.8 Å². The molecule has 6 nitrogen and oxygen atoms in total. The smallest absolute Gasteiger partial charge is 0.326 e. The molecule has 3 N–H and O–H groups in total. The molecule has 0 saturated carbocycles. The van der Waals surface area contributed by atoms with E-state index in [0.717, 1.165) is 0 Å². The van der Waals surface area contributed by atoms with E-state index in [4.69, 9.17) is 10.4 Å². The number of aliphatic carboxylic acids is 1. The Morgan fingerprint density at radius 2 is 1.89 bits per heavy atom. The van der Waals surface area contributed by atoms with Crippen molar-refractivity contribution in [3.8, 4) is 6.07 Å². The van der Waals surface area contributed by atoms with E-state index in [1.165, 1.54) is 0 Å². The van der Waals surface area contributed by atoms with Gasteiger partial charge in [0.1, 0.15) is 12.1 Å². The number of carboxylic acids is 1. The SMILES string of the molecule is CC(C)C[C@H](O)C(=O)N[C@@H](C(=O)O)[C@H](C)CC#N. The van der Waals surface area contributed by atoms with Crippen molar-refractivity contribution in [2.24, 2.45) is 11.8 Å². The average molecular weight is 256 g/mol. The van der Waals surface area contributed by atoms with Gasteiger partial charge in [-0.15, -0.1) is 0 Å². The van der Waals surface area contributed by atoms with E-state index in [1.807, 2.05) is 19.9 Å². The van der Waals surface area contributed by atoms with Gasteiger partial charge < -0.3 is 15.5 Å². The maximum atomic E-state index is 11.6. The molecule has 0 aromatic heterocycles. The van der Waals surface area contributed by atoms with Crippen LogP contribution in [0, 0.1) is 23.2 Å². The van der Waals surface area contributed by atoms with Crippen molar-refractivity contribution in [1.29, 1.82) is 5.26 Å². The number of carboxylic acid groups (broad SMARTS) is 1. The van der Waals surface area contributed by atoms with Crippen LogP contribution in [0.4, 0.5) is 0 Å². The highest BCUT2D eigenvalue weighted by Crippen LogP contribution is 2.10. The molecule has 0 aromatic rings. The van der Waals surface area contributed by atoms with Crippen LogP contribution in [0.3, 0.4) is 0 Å². The Hall–Kier alpha value is -1.61. The van der Waals surface area contributed by atoms with Crippen LogP contribution in [0.25, 0.3) is 0 Å². The zero-order valence-corrected chi connectivity index (χ0v) is 10.9.